The molecular weight excluding hydrogens is 250 g/mol. The highest BCUT2D eigenvalue weighted by Crippen LogP contribution is 2.58. The van der Waals surface area contributed by atoms with Gasteiger partial charge in [0.05, 0.1) is 0 Å². The molecule has 2 amide bonds. The first kappa shape index (κ1) is 14.6. The van der Waals surface area contributed by atoms with Gasteiger partial charge in [-0.3, -0.25) is 9.13 Å². The van der Waals surface area contributed by atoms with Crippen molar-refractivity contribution in [3.8, 4) is 0 Å². The molecule has 0 heterocycles. The van der Waals surface area contributed by atoms with E-state index in [1.807, 2.05) is 0 Å². The highest BCUT2D eigenvalue weighted by Gasteiger charge is 2.44. The summed E-state index contributed by atoms with van der Waals surface area (Å²) in [7, 11) is -7.71. The maximum atomic E-state index is 11.0. The molecule has 0 bridgehead atoms. The van der Waals surface area contributed by atoms with Crippen LogP contribution in [0.3, 0.4) is 0 Å². The minimum Gasteiger partial charge on any atom is -0.331 e. The Labute approximate surface area is 85.4 Å². The van der Waals surface area contributed by atoms with Crippen LogP contribution in [0, 0.1) is 0 Å². The molecule has 90 valence electrons. The summed E-state index contributed by atoms with van der Waals surface area (Å²) in [6.07, 6.45) is 0. The minimum atomic E-state index is -5.11. The van der Waals surface area contributed by atoms with Crippen LogP contribution in [0.5, 0.6) is 0 Å². The predicted octanol–water partition coefficient (Wildman–Crippen LogP) is -1.10. The Morgan fingerprint density at radius 1 is 1.13 bits per heavy atom. The standard InChI is InChI=1S/C4H12N2O7P2/c1-6(2)3(7)5-4(14(8,9)10)15(11,12)13/h4H,1-2H3,(H,5,7)(H2,8,9,10)(H2,11,12,13). The quantitative estimate of drug-likeness (QED) is 0.405. The molecule has 0 saturated heterocycles. The Morgan fingerprint density at radius 2 is 1.47 bits per heavy atom. The molecule has 0 aromatic rings. The zero-order valence-electron chi connectivity index (χ0n) is 7.93. The Balaban J connectivity index is 4.94. The normalized spacial score (nSPS) is 12.7. The molecule has 0 aliphatic carbocycles. The summed E-state index contributed by atoms with van der Waals surface area (Å²) in [6.45, 7) is 0. The van der Waals surface area contributed by atoms with Gasteiger partial charge in [-0.15, -0.1) is 0 Å². The lowest BCUT2D eigenvalue weighted by Crippen LogP contribution is -2.41. The fourth-order valence-electron chi connectivity index (χ4n) is 0.604. The smallest absolute Gasteiger partial charge is 0.331 e. The number of nitrogens with one attached hydrogen (secondary N) is 1. The molecule has 0 aliphatic heterocycles. The van der Waals surface area contributed by atoms with E-state index in [1.165, 1.54) is 14.1 Å². The van der Waals surface area contributed by atoms with Crippen molar-refractivity contribution >= 4 is 21.2 Å². The van der Waals surface area contributed by atoms with Crippen molar-refractivity contribution in [2.45, 2.75) is 5.52 Å². The van der Waals surface area contributed by atoms with Gasteiger partial charge in [0.15, 0.2) is 0 Å². The molecule has 11 heteroatoms. The van der Waals surface area contributed by atoms with Crippen LogP contribution in [0.2, 0.25) is 0 Å². The van der Waals surface area contributed by atoms with E-state index in [9.17, 15) is 13.9 Å². The van der Waals surface area contributed by atoms with Gasteiger partial charge in [0.25, 0.3) is 0 Å². The van der Waals surface area contributed by atoms with E-state index in [0.29, 0.717) is 0 Å². The lowest BCUT2D eigenvalue weighted by Gasteiger charge is -2.22. The van der Waals surface area contributed by atoms with E-state index in [0.717, 1.165) is 4.90 Å². The first-order valence-electron chi connectivity index (χ1n) is 3.54. The SMILES string of the molecule is CN(C)C(=O)NC(P(=O)(O)O)P(=O)(O)O. The van der Waals surface area contributed by atoms with Gasteiger partial charge in [0.2, 0.25) is 5.52 Å². The van der Waals surface area contributed by atoms with Crippen LogP contribution in [0.1, 0.15) is 0 Å². The molecule has 0 radical (unpaired) electrons. The zero-order chi connectivity index (χ0) is 12.4. The Bertz CT molecular complexity index is 308. The van der Waals surface area contributed by atoms with Crippen LogP contribution in [-0.4, -0.2) is 50.1 Å². The maximum Gasteiger partial charge on any atom is 0.360 e. The first-order chi connectivity index (χ1) is 6.46. The van der Waals surface area contributed by atoms with Crippen molar-refractivity contribution in [2.75, 3.05) is 14.1 Å². The highest BCUT2D eigenvalue weighted by molar-refractivity contribution is 7.70. The summed E-state index contributed by atoms with van der Waals surface area (Å²) in [5, 5.41) is 1.56. The maximum absolute atomic E-state index is 11.0. The van der Waals surface area contributed by atoms with E-state index < -0.39 is 26.7 Å². The van der Waals surface area contributed by atoms with Crippen LogP contribution >= 0.6 is 15.2 Å². The van der Waals surface area contributed by atoms with Crippen molar-refractivity contribution in [1.29, 1.82) is 0 Å². The van der Waals surface area contributed by atoms with E-state index in [1.54, 1.807) is 5.32 Å². The fourth-order valence-corrected chi connectivity index (χ4v) is 2.73. The van der Waals surface area contributed by atoms with Gasteiger partial charge >= 0.3 is 21.2 Å². The Morgan fingerprint density at radius 3 is 1.67 bits per heavy atom. The average Bonchev–Trinajstić information content (AvgIpc) is 1.94. The average molecular weight is 262 g/mol. The predicted molar refractivity (Wildman–Crippen MR) is 50.1 cm³/mol. The molecule has 0 rings (SSSR count). The van der Waals surface area contributed by atoms with Crippen LogP contribution in [0.15, 0.2) is 0 Å². The third-order valence-corrected chi connectivity index (χ3v) is 4.63. The molecule has 0 aromatic carbocycles. The van der Waals surface area contributed by atoms with E-state index in [2.05, 4.69) is 0 Å². The molecule has 15 heavy (non-hydrogen) atoms. The molecule has 0 spiro atoms. The number of hydrogen-bond acceptors (Lipinski definition) is 3. The molecule has 0 atom stereocenters. The van der Waals surface area contributed by atoms with Crippen molar-refractivity contribution in [1.82, 2.24) is 10.2 Å². The lowest BCUT2D eigenvalue weighted by molar-refractivity contribution is 0.214. The molecule has 0 aliphatic rings. The van der Waals surface area contributed by atoms with E-state index >= 15 is 0 Å². The summed E-state index contributed by atoms with van der Waals surface area (Å²) >= 11 is 0. The van der Waals surface area contributed by atoms with Crippen molar-refractivity contribution < 1.29 is 33.5 Å². The number of rotatable bonds is 3. The molecule has 0 unspecified atom stereocenters. The monoisotopic (exact) mass is 262 g/mol. The molecular formula is C4H12N2O7P2. The summed E-state index contributed by atoms with van der Waals surface area (Å²) in [5.74, 6) is 0. The summed E-state index contributed by atoms with van der Waals surface area (Å²) in [6, 6.07) is -1.01. The van der Waals surface area contributed by atoms with Crippen LogP contribution < -0.4 is 5.32 Å². The molecule has 0 fully saturated rings. The molecule has 9 nitrogen and oxygen atoms in total. The number of nitrogens with zero attached hydrogens (tertiary/aromatic N) is 1. The lowest BCUT2D eigenvalue weighted by atomic mass is 10.8. The Hall–Kier alpha value is -0.430. The molecule has 0 aromatic heterocycles. The number of carbonyl (C=O) groups excluding carboxylic acids is 1. The van der Waals surface area contributed by atoms with Gasteiger partial charge in [0.1, 0.15) is 0 Å². The second-order valence-electron chi connectivity index (χ2n) is 2.90. The second-order valence-corrected chi connectivity index (χ2v) is 6.69. The minimum absolute atomic E-state index is 0.887. The van der Waals surface area contributed by atoms with E-state index in [4.69, 9.17) is 19.6 Å². The fraction of sp³-hybridized carbons (Fsp3) is 0.750. The summed E-state index contributed by atoms with van der Waals surface area (Å²) in [5.41, 5.74) is -2.51. The number of urea groups is 1. The molecule has 0 saturated carbocycles. The van der Waals surface area contributed by atoms with Crippen molar-refractivity contribution in [3.05, 3.63) is 0 Å². The van der Waals surface area contributed by atoms with E-state index in [-0.39, 0.29) is 0 Å². The largest absolute Gasteiger partial charge is 0.360 e. The van der Waals surface area contributed by atoms with Crippen LogP contribution in [-0.2, 0) is 9.13 Å². The zero-order valence-corrected chi connectivity index (χ0v) is 9.72. The van der Waals surface area contributed by atoms with Crippen LogP contribution in [0.4, 0.5) is 4.79 Å². The third kappa shape index (κ3) is 4.74. The van der Waals surface area contributed by atoms with Gasteiger partial charge in [-0.2, -0.15) is 0 Å². The number of amides is 2. The second kappa shape index (κ2) is 4.61. The van der Waals surface area contributed by atoms with Gasteiger partial charge in [-0.25, -0.2) is 4.79 Å². The first-order valence-corrected chi connectivity index (χ1v) is 6.91. The third-order valence-electron chi connectivity index (χ3n) is 1.30. The van der Waals surface area contributed by atoms with Gasteiger partial charge < -0.3 is 29.8 Å². The highest BCUT2D eigenvalue weighted by atomic mass is 31.2. The summed E-state index contributed by atoms with van der Waals surface area (Å²) < 4.78 is 21.4. The van der Waals surface area contributed by atoms with Gasteiger partial charge in [-0.05, 0) is 0 Å². The Kier molecular flexibility index (Phi) is 4.48. The molecule has 5 N–H and O–H groups in total. The van der Waals surface area contributed by atoms with Crippen LogP contribution in [0.25, 0.3) is 0 Å². The van der Waals surface area contributed by atoms with Gasteiger partial charge in [0, 0.05) is 14.1 Å². The van der Waals surface area contributed by atoms with Crippen molar-refractivity contribution in [3.63, 3.8) is 0 Å². The number of hydrogen-bond donors (Lipinski definition) is 5. The van der Waals surface area contributed by atoms with Gasteiger partial charge in [-0.1, -0.05) is 0 Å². The van der Waals surface area contributed by atoms with Crippen molar-refractivity contribution in [2.24, 2.45) is 0 Å². The summed E-state index contributed by atoms with van der Waals surface area (Å²) in [4.78, 5) is 46.4. The topological polar surface area (TPSA) is 147 Å². The number of carbonyl (C=O) groups is 1.